The highest BCUT2D eigenvalue weighted by Gasteiger charge is 2.17. The van der Waals surface area contributed by atoms with Gasteiger partial charge >= 0.3 is 5.97 Å². The molecule has 0 spiro atoms. The van der Waals surface area contributed by atoms with Gasteiger partial charge in [-0.25, -0.2) is 9.78 Å². The summed E-state index contributed by atoms with van der Waals surface area (Å²) in [6.07, 6.45) is 2.68. The fourth-order valence-electron chi connectivity index (χ4n) is 2.25. The van der Waals surface area contributed by atoms with Crippen LogP contribution in [0.3, 0.4) is 0 Å². The van der Waals surface area contributed by atoms with Gasteiger partial charge in [0.1, 0.15) is 0 Å². The van der Waals surface area contributed by atoms with Crippen LogP contribution in [0.2, 0.25) is 0 Å². The predicted octanol–water partition coefficient (Wildman–Crippen LogP) is 3.30. The second-order valence-electron chi connectivity index (χ2n) is 6.98. The van der Waals surface area contributed by atoms with Gasteiger partial charge in [-0.15, -0.1) is 11.3 Å². The summed E-state index contributed by atoms with van der Waals surface area (Å²) >= 11 is 1.28. The zero-order valence-electron chi connectivity index (χ0n) is 16.3. The molecule has 1 N–H and O–H groups in total. The molecule has 2 aromatic rings. The van der Waals surface area contributed by atoms with E-state index in [2.05, 4.69) is 10.3 Å². The number of rotatable bonds is 6. The van der Waals surface area contributed by atoms with Crippen molar-refractivity contribution in [3.05, 3.63) is 47.5 Å². The number of thiazole rings is 1. The Balaban J connectivity index is 1.99. The number of aromatic nitrogens is 1. The minimum absolute atomic E-state index is 0.166. The zero-order valence-corrected chi connectivity index (χ0v) is 17.1. The van der Waals surface area contributed by atoms with Gasteiger partial charge in [0.2, 0.25) is 5.91 Å². The maximum atomic E-state index is 12.0. The van der Waals surface area contributed by atoms with E-state index in [1.54, 1.807) is 5.38 Å². The van der Waals surface area contributed by atoms with Gasteiger partial charge in [-0.1, -0.05) is 18.2 Å². The van der Waals surface area contributed by atoms with Crippen molar-refractivity contribution in [3.63, 3.8) is 0 Å². The second kappa shape index (κ2) is 9.27. The first kappa shape index (κ1) is 21.3. The molecule has 2 amide bonds. The molecule has 28 heavy (non-hydrogen) atoms. The number of benzene rings is 1. The lowest BCUT2D eigenvalue weighted by Gasteiger charge is -2.20. The Hall–Kier alpha value is -3.00. The quantitative estimate of drug-likeness (QED) is 0.593. The van der Waals surface area contributed by atoms with Crippen LogP contribution in [0.1, 0.15) is 33.4 Å². The van der Waals surface area contributed by atoms with Crippen molar-refractivity contribution in [2.45, 2.75) is 33.2 Å². The van der Waals surface area contributed by atoms with Crippen LogP contribution in [0.4, 0.5) is 10.8 Å². The maximum absolute atomic E-state index is 12.0. The molecule has 0 fully saturated rings. The number of carbonyl (C=O) groups is 3. The molecule has 7 nitrogen and oxygen atoms in total. The molecule has 0 radical (unpaired) electrons. The number of carbonyl (C=O) groups excluding carboxylic acids is 3. The van der Waals surface area contributed by atoms with Gasteiger partial charge in [0.25, 0.3) is 5.91 Å². The molecule has 1 aromatic heterocycles. The van der Waals surface area contributed by atoms with Gasteiger partial charge in [-0.05, 0) is 39.0 Å². The number of amides is 2. The smallest absolute Gasteiger partial charge is 0.331 e. The number of para-hydroxylation sites is 1. The summed E-state index contributed by atoms with van der Waals surface area (Å²) in [6.45, 7) is 6.63. The van der Waals surface area contributed by atoms with E-state index in [1.165, 1.54) is 35.3 Å². The largest absolute Gasteiger partial charge is 0.452 e. The van der Waals surface area contributed by atoms with E-state index in [9.17, 15) is 14.4 Å². The number of ether oxygens (including phenoxy) is 1. The van der Waals surface area contributed by atoms with Crippen molar-refractivity contribution < 1.29 is 19.1 Å². The van der Waals surface area contributed by atoms with Crippen LogP contribution in [-0.2, 0) is 19.1 Å². The molecule has 0 unspecified atom stereocenters. The Bertz CT molecular complexity index is 869. The highest BCUT2D eigenvalue weighted by atomic mass is 32.1. The van der Waals surface area contributed by atoms with Gasteiger partial charge in [0, 0.05) is 23.9 Å². The second-order valence-corrected chi connectivity index (χ2v) is 7.82. The molecular weight excluding hydrogens is 378 g/mol. The van der Waals surface area contributed by atoms with Crippen molar-refractivity contribution in [2.24, 2.45) is 0 Å². The molecule has 148 valence electrons. The minimum Gasteiger partial charge on any atom is -0.452 e. The third kappa shape index (κ3) is 6.62. The lowest BCUT2D eigenvalue weighted by atomic mass is 10.1. The van der Waals surface area contributed by atoms with Crippen molar-refractivity contribution >= 4 is 46.0 Å². The van der Waals surface area contributed by atoms with E-state index in [0.29, 0.717) is 16.5 Å². The molecular formula is C20H23N3O4S. The fourth-order valence-corrected chi connectivity index (χ4v) is 3.11. The van der Waals surface area contributed by atoms with Crippen molar-refractivity contribution in [2.75, 3.05) is 11.5 Å². The molecule has 0 aliphatic heterocycles. The average molecular weight is 401 g/mol. The van der Waals surface area contributed by atoms with Gasteiger partial charge in [-0.3, -0.25) is 14.5 Å². The third-order valence-corrected chi connectivity index (χ3v) is 4.12. The van der Waals surface area contributed by atoms with E-state index >= 15 is 0 Å². The molecule has 0 saturated heterocycles. The van der Waals surface area contributed by atoms with Gasteiger partial charge < -0.3 is 10.1 Å². The topological polar surface area (TPSA) is 88.6 Å². The summed E-state index contributed by atoms with van der Waals surface area (Å²) in [7, 11) is 0. The number of hydrogen-bond acceptors (Lipinski definition) is 6. The van der Waals surface area contributed by atoms with Crippen LogP contribution in [0.25, 0.3) is 6.08 Å². The van der Waals surface area contributed by atoms with E-state index in [-0.39, 0.29) is 18.4 Å². The standard InChI is InChI=1S/C20H23N3O4S/c1-14(24)23(16-8-6-5-7-9-16)19-21-15(13-28-19)10-11-18(26)27-12-17(25)22-20(2,3)4/h5-11,13H,12H2,1-4H3,(H,22,25)/b11-10+. The van der Waals surface area contributed by atoms with Crippen LogP contribution >= 0.6 is 11.3 Å². The molecule has 0 bridgehead atoms. The van der Waals surface area contributed by atoms with E-state index in [1.807, 2.05) is 51.1 Å². The van der Waals surface area contributed by atoms with E-state index in [0.717, 1.165) is 0 Å². The van der Waals surface area contributed by atoms with Crippen molar-refractivity contribution in [1.82, 2.24) is 10.3 Å². The molecule has 0 saturated carbocycles. The lowest BCUT2D eigenvalue weighted by molar-refractivity contribution is -0.144. The monoisotopic (exact) mass is 401 g/mol. The molecule has 2 rings (SSSR count). The number of nitrogens with one attached hydrogen (secondary N) is 1. The fraction of sp³-hybridized carbons (Fsp3) is 0.300. The Kier molecular flexibility index (Phi) is 7.06. The number of anilines is 2. The van der Waals surface area contributed by atoms with Crippen LogP contribution in [0.5, 0.6) is 0 Å². The van der Waals surface area contributed by atoms with Crippen LogP contribution < -0.4 is 10.2 Å². The number of hydrogen-bond donors (Lipinski definition) is 1. The predicted molar refractivity (Wildman–Crippen MR) is 109 cm³/mol. The molecule has 0 atom stereocenters. The molecule has 0 aliphatic carbocycles. The molecule has 8 heteroatoms. The third-order valence-electron chi connectivity index (χ3n) is 3.28. The van der Waals surface area contributed by atoms with Gasteiger partial charge in [-0.2, -0.15) is 0 Å². The molecule has 0 aliphatic rings. The molecule has 1 heterocycles. The highest BCUT2D eigenvalue weighted by molar-refractivity contribution is 7.14. The van der Waals surface area contributed by atoms with Crippen molar-refractivity contribution in [1.29, 1.82) is 0 Å². The molecule has 1 aromatic carbocycles. The van der Waals surface area contributed by atoms with Crippen LogP contribution in [0.15, 0.2) is 41.8 Å². The first-order chi connectivity index (χ1) is 13.2. The van der Waals surface area contributed by atoms with Crippen molar-refractivity contribution in [3.8, 4) is 0 Å². The van der Waals surface area contributed by atoms with Gasteiger partial charge in [0.15, 0.2) is 11.7 Å². The SMILES string of the molecule is CC(=O)N(c1ccccc1)c1nc(/C=C/C(=O)OCC(=O)NC(C)(C)C)cs1. The van der Waals surface area contributed by atoms with Crippen LogP contribution in [-0.4, -0.2) is 34.9 Å². The van der Waals surface area contributed by atoms with E-state index in [4.69, 9.17) is 4.74 Å². The highest BCUT2D eigenvalue weighted by Crippen LogP contribution is 2.28. The zero-order chi connectivity index (χ0) is 20.7. The maximum Gasteiger partial charge on any atom is 0.331 e. The lowest BCUT2D eigenvalue weighted by Crippen LogP contribution is -2.42. The summed E-state index contributed by atoms with van der Waals surface area (Å²) in [5.74, 6) is -1.18. The van der Waals surface area contributed by atoms with E-state index < -0.39 is 11.5 Å². The first-order valence-corrected chi connectivity index (χ1v) is 9.51. The van der Waals surface area contributed by atoms with Gasteiger partial charge in [0.05, 0.1) is 11.4 Å². The number of esters is 1. The Morgan fingerprint density at radius 1 is 1.21 bits per heavy atom. The normalized spacial score (nSPS) is 11.3. The summed E-state index contributed by atoms with van der Waals surface area (Å²) in [5.41, 5.74) is 0.833. The summed E-state index contributed by atoms with van der Waals surface area (Å²) in [4.78, 5) is 41.3. The number of nitrogens with zero attached hydrogens (tertiary/aromatic N) is 2. The Labute approximate surface area is 168 Å². The minimum atomic E-state index is -0.648. The summed E-state index contributed by atoms with van der Waals surface area (Å²) < 4.78 is 4.91. The Morgan fingerprint density at radius 2 is 1.89 bits per heavy atom. The first-order valence-electron chi connectivity index (χ1n) is 8.63. The summed E-state index contributed by atoms with van der Waals surface area (Å²) in [6, 6.07) is 9.18. The average Bonchev–Trinajstić information content (AvgIpc) is 3.06. The Morgan fingerprint density at radius 3 is 2.50 bits per heavy atom. The van der Waals surface area contributed by atoms with Crippen LogP contribution in [0, 0.1) is 0 Å². The summed E-state index contributed by atoms with van der Waals surface area (Å²) in [5, 5.41) is 4.92.